The molecule has 2 rings (SSSR count). The second-order valence-corrected chi connectivity index (χ2v) is 4.44. The Morgan fingerprint density at radius 2 is 2.29 bits per heavy atom. The standard InChI is InChI=1S/C9H11BrN2O2/c10-7-8(13)11-6(12-9(7)14)4-5-2-1-3-5/h5H,1-4H2,(H2,11,12,13,14). The van der Waals surface area contributed by atoms with Crippen LogP contribution in [0.25, 0.3) is 0 Å². The minimum atomic E-state index is -0.313. The molecule has 0 unspecified atom stereocenters. The number of rotatable bonds is 2. The van der Waals surface area contributed by atoms with Gasteiger partial charge in [-0.1, -0.05) is 19.3 Å². The Kier molecular flexibility index (Phi) is 2.58. The average Bonchev–Trinajstić information content (AvgIpc) is 2.07. The highest BCUT2D eigenvalue weighted by Crippen LogP contribution is 2.29. The van der Waals surface area contributed by atoms with Gasteiger partial charge in [-0.15, -0.1) is 0 Å². The van der Waals surface area contributed by atoms with Crippen molar-refractivity contribution in [1.82, 2.24) is 9.97 Å². The number of aromatic amines is 1. The molecule has 0 amide bonds. The Hall–Kier alpha value is -0.840. The van der Waals surface area contributed by atoms with Crippen molar-refractivity contribution in [2.24, 2.45) is 5.92 Å². The van der Waals surface area contributed by atoms with Crippen molar-refractivity contribution in [2.75, 3.05) is 0 Å². The van der Waals surface area contributed by atoms with Gasteiger partial charge in [0.05, 0.1) is 0 Å². The van der Waals surface area contributed by atoms with E-state index in [1.807, 2.05) is 0 Å². The van der Waals surface area contributed by atoms with E-state index in [4.69, 9.17) is 0 Å². The molecule has 1 aromatic rings. The number of nitrogens with zero attached hydrogens (tertiary/aromatic N) is 1. The van der Waals surface area contributed by atoms with Crippen molar-refractivity contribution in [3.8, 4) is 5.88 Å². The van der Waals surface area contributed by atoms with Gasteiger partial charge in [-0.3, -0.25) is 4.79 Å². The molecule has 1 fully saturated rings. The molecule has 0 atom stereocenters. The zero-order chi connectivity index (χ0) is 10.1. The summed E-state index contributed by atoms with van der Waals surface area (Å²) in [5, 5.41) is 9.31. The fourth-order valence-corrected chi connectivity index (χ4v) is 1.75. The Morgan fingerprint density at radius 3 is 2.79 bits per heavy atom. The lowest BCUT2D eigenvalue weighted by molar-refractivity contribution is 0.307. The molecule has 76 valence electrons. The molecule has 1 aliphatic rings. The molecule has 5 heteroatoms. The Labute approximate surface area is 89.5 Å². The number of H-pyrrole nitrogens is 1. The van der Waals surface area contributed by atoms with Gasteiger partial charge in [-0.05, 0) is 21.8 Å². The predicted octanol–water partition coefficient (Wildman–Crippen LogP) is 1.58. The molecule has 1 aromatic heterocycles. The number of aromatic hydroxyl groups is 1. The van der Waals surface area contributed by atoms with E-state index in [-0.39, 0.29) is 15.9 Å². The molecule has 0 radical (unpaired) electrons. The van der Waals surface area contributed by atoms with Crippen LogP contribution in [0.1, 0.15) is 25.1 Å². The van der Waals surface area contributed by atoms with Gasteiger partial charge >= 0.3 is 0 Å². The van der Waals surface area contributed by atoms with E-state index in [1.165, 1.54) is 19.3 Å². The lowest BCUT2D eigenvalue weighted by Gasteiger charge is -2.24. The fourth-order valence-electron chi connectivity index (χ4n) is 1.56. The van der Waals surface area contributed by atoms with Crippen LogP contribution in [0.15, 0.2) is 9.27 Å². The quantitative estimate of drug-likeness (QED) is 0.847. The molecule has 2 N–H and O–H groups in total. The van der Waals surface area contributed by atoms with E-state index < -0.39 is 0 Å². The van der Waals surface area contributed by atoms with Gasteiger partial charge in [-0.2, -0.15) is 4.98 Å². The zero-order valence-electron chi connectivity index (χ0n) is 7.59. The molecule has 1 aliphatic carbocycles. The van der Waals surface area contributed by atoms with Crippen molar-refractivity contribution >= 4 is 15.9 Å². The minimum Gasteiger partial charge on any atom is -0.492 e. The third-order valence-corrected chi connectivity index (χ3v) is 3.32. The van der Waals surface area contributed by atoms with Crippen molar-refractivity contribution < 1.29 is 5.11 Å². The van der Waals surface area contributed by atoms with Crippen molar-refractivity contribution in [2.45, 2.75) is 25.7 Å². The van der Waals surface area contributed by atoms with E-state index in [0.29, 0.717) is 11.7 Å². The number of aromatic nitrogens is 2. The van der Waals surface area contributed by atoms with Gasteiger partial charge in [0, 0.05) is 6.42 Å². The summed E-state index contributed by atoms with van der Waals surface area (Å²) in [4.78, 5) is 17.8. The lowest BCUT2D eigenvalue weighted by Crippen LogP contribution is -2.19. The molecule has 1 saturated carbocycles. The van der Waals surface area contributed by atoms with Crippen molar-refractivity contribution in [1.29, 1.82) is 0 Å². The van der Waals surface area contributed by atoms with Crippen LogP contribution in [0.4, 0.5) is 0 Å². The van der Waals surface area contributed by atoms with E-state index in [0.717, 1.165) is 6.42 Å². The summed E-state index contributed by atoms with van der Waals surface area (Å²) in [5.74, 6) is 0.988. The maximum absolute atomic E-state index is 11.2. The SMILES string of the molecule is O=c1[nH]c(CC2CCC2)nc(O)c1Br. The second kappa shape index (κ2) is 3.73. The van der Waals surface area contributed by atoms with E-state index in [2.05, 4.69) is 25.9 Å². The highest BCUT2D eigenvalue weighted by molar-refractivity contribution is 9.10. The van der Waals surface area contributed by atoms with Crippen LogP contribution in [-0.4, -0.2) is 15.1 Å². The Bertz CT molecular complexity index is 398. The molecule has 0 bridgehead atoms. The fraction of sp³-hybridized carbons (Fsp3) is 0.556. The number of hydrogen-bond donors (Lipinski definition) is 2. The highest BCUT2D eigenvalue weighted by Gasteiger charge is 2.19. The third-order valence-electron chi connectivity index (χ3n) is 2.60. The van der Waals surface area contributed by atoms with Crippen molar-refractivity contribution in [3.05, 3.63) is 20.7 Å². The lowest BCUT2D eigenvalue weighted by atomic mass is 9.83. The molecule has 0 saturated heterocycles. The normalized spacial score (nSPS) is 16.6. The minimum absolute atomic E-state index is 0.106. The Balaban J connectivity index is 2.21. The van der Waals surface area contributed by atoms with Crippen LogP contribution in [0.5, 0.6) is 5.88 Å². The van der Waals surface area contributed by atoms with E-state index >= 15 is 0 Å². The van der Waals surface area contributed by atoms with E-state index in [9.17, 15) is 9.90 Å². The highest BCUT2D eigenvalue weighted by atomic mass is 79.9. The third kappa shape index (κ3) is 1.82. The monoisotopic (exact) mass is 258 g/mol. The maximum atomic E-state index is 11.2. The maximum Gasteiger partial charge on any atom is 0.269 e. The smallest absolute Gasteiger partial charge is 0.269 e. The summed E-state index contributed by atoms with van der Waals surface area (Å²) in [6.45, 7) is 0. The van der Waals surface area contributed by atoms with Gasteiger partial charge in [0.15, 0.2) is 0 Å². The van der Waals surface area contributed by atoms with Crippen LogP contribution in [-0.2, 0) is 6.42 Å². The van der Waals surface area contributed by atoms with Crippen LogP contribution < -0.4 is 5.56 Å². The molecule has 14 heavy (non-hydrogen) atoms. The first-order valence-electron chi connectivity index (χ1n) is 4.64. The van der Waals surface area contributed by atoms with Gasteiger partial charge in [-0.25, -0.2) is 0 Å². The number of halogens is 1. The topological polar surface area (TPSA) is 66.0 Å². The summed E-state index contributed by atoms with van der Waals surface area (Å²) < 4.78 is 0.106. The average molecular weight is 259 g/mol. The van der Waals surface area contributed by atoms with Gasteiger partial charge < -0.3 is 10.1 Å². The van der Waals surface area contributed by atoms with Crippen LogP contribution >= 0.6 is 15.9 Å². The summed E-state index contributed by atoms with van der Waals surface area (Å²) in [6.07, 6.45) is 4.41. The molecule has 0 aliphatic heterocycles. The first-order chi connectivity index (χ1) is 6.66. The summed E-state index contributed by atoms with van der Waals surface area (Å²) in [5.41, 5.74) is -0.313. The molecule has 1 heterocycles. The Morgan fingerprint density at radius 1 is 1.57 bits per heavy atom. The van der Waals surface area contributed by atoms with Crippen molar-refractivity contribution in [3.63, 3.8) is 0 Å². The van der Waals surface area contributed by atoms with Crippen LogP contribution in [0.3, 0.4) is 0 Å². The second-order valence-electron chi connectivity index (χ2n) is 3.65. The van der Waals surface area contributed by atoms with Crippen LogP contribution in [0, 0.1) is 5.92 Å². The zero-order valence-corrected chi connectivity index (χ0v) is 9.17. The molecular weight excluding hydrogens is 248 g/mol. The molecule has 0 spiro atoms. The van der Waals surface area contributed by atoms with Gasteiger partial charge in [0.2, 0.25) is 5.88 Å². The predicted molar refractivity (Wildman–Crippen MR) is 55.3 cm³/mol. The largest absolute Gasteiger partial charge is 0.492 e. The van der Waals surface area contributed by atoms with Gasteiger partial charge in [0.25, 0.3) is 5.56 Å². The van der Waals surface area contributed by atoms with Crippen LogP contribution in [0.2, 0.25) is 0 Å². The number of nitrogens with one attached hydrogen (secondary N) is 1. The van der Waals surface area contributed by atoms with Gasteiger partial charge in [0.1, 0.15) is 10.3 Å². The summed E-state index contributed by atoms with van der Waals surface area (Å²) in [6, 6.07) is 0. The summed E-state index contributed by atoms with van der Waals surface area (Å²) in [7, 11) is 0. The summed E-state index contributed by atoms with van der Waals surface area (Å²) >= 11 is 2.95. The first kappa shape index (κ1) is 9.71. The molecule has 4 nitrogen and oxygen atoms in total. The first-order valence-corrected chi connectivity index (χ1v) is 5.44. The number of hydrogen-bond acceptors (Lipinski definition) is 3. The van der Waals surface area contributed by atoms with E-state index in [1.54, 1.807) is 0 Å². The molecular formula is C9H11BrN2O2. The molecule has 0 aromatic carbocycles.